The van der Waals surface area contributed by atoms with Crippen LogP contribution in [0.25, 0.3) is 6.08 Å². The summed E-state index contributed by atoms with van der Waals surface area (Å²) in [5.41, 5.74) is 1.10. The number of piperazine rings is 1. The van der Waals surface area contributed by atoms with E-state index in [0.717, 1.165) is 44.2 Å². The molecule has 1 aromatic heterocycles. The monoisotopic (exact) mass is 286 g/mol. The van der Waals surface area contributed by atoms with Gasteiger partial charge in [0.2, 0.25) is 0 Å². The Hall–Kier alpha value is -2.07. The number of nitrogens with zero attached hydrogens (tertiary/aromatic N) is 2. The molecule has 1 aliphatic heterocycles. The number of benzene rings is 1. The summed E-state index contributed by atoms with van der Waals surface area (Å²) in [6.45, 7) is 4.90. The fourth-order valence-corrected chi connectivity index (χ4v) is 2.54. The third-order valence-electron chi connectivity index (χ3n) is 3.75. The fourth-order valence-electron chi connectivity index (χ4n) is 2.54. The normalized spacial score (nSPS) is 16.7. The van der Waals surface area contributed by atoms with E-state index in [-0.39, 0.29) is 5.82 Å². The quantitative estimate of drug-likeness (QED) is 0.860. The molecule has 0 N–H and O–H groups in total. The van der Waals surface area contributed by atoms with Crippen LogP contribution in [0.4, 0.5) is 10.1 Å². The van der Waals surface area contributed by atoms with E-state index in [2.05, 4.69) is 15.9 Å². The molecule has 0 spiro atoms. The van der Waals surface area contributed by atoms with Gasteiger partial charge in [0.1, 0.15) is 11.6 Å². The minimum atomic E-state index is -0.180. The first-order valence-electron chi connectivity index (χ1n) is 7.24. The molecule has 0 atom stereocenters. The first kappa shape index (κ1) is 13.9. The van der Waals surface area contributed by atoms with Gasteiger partial charge in [0.25, 0.3) is 0 Å². The predicted molar refractivity (Wildman–Crippen MR) is 82.8 cm³/mol. The molecule has 0 radical (unpaired) electrons. The largest absolute Gasteiger partial charge is 0.465 e. The molecule has 0 amide bonds. The van der Waals surface area contributed by atoms with Gasteiger partial charge in [0.05, 0.1) is 6.26 Å². The van der Waals surface area contributed by atoms with Gasteiger partial charge >= 0.3 is 0 Å². The van der Waals surface area contributed by atoms with Gasteiger partial charge in [-0.15, -0.1) is 0 Å². The van der Waals surface area contributed by atoms with Crippen LogP contribution in [0.2, 0.25) is 0 Å². The second-order valence-electron chi connectivity index (χ2n) is 5.18. The van der Waals surface area contributed by atoms with Crippen molar-refractivity contribution in [3.8, 4) is 0 Å². The molecule has 2 aromatic rings. The summed E-state index contributed by atoms with van der Waals surface area (Å²) < 4.78 is 18.2. The molecule has 3 nitrogen and oxygen atoms in total. The van der Waals surface area contributed by atoms with Gasteiger partial charge in [0.15, 0.2) is 0 Å². The van der Waals surface area contributed by atoms with Crippen LogP contribution in [-0.2, 0) is 0 Å². The smallest absolute Gasteiger partial charge is 0.126 e. The number of halogens is 1. The maximum atomic E-state index is 12.9. The topological polar surface area (TPSA) is 19.6 Å². The van der Waals surface area contributed by atoms with Crippen LogP contribution in [0.5, 0.6) is 0 Å². The molecule has 3 rings (SSSR count). The Balaban J connectivity index is 1.47. The summed E-state index contributed by atoms with van der Waals surface area (Å²) >= 11 is 0. The lowest BCUT2D eigenvalue weighted by atomic mass is 10.2. The highest BCUT2D eigenvalue weighted by atomic mass is 19.1. The Morgan fingerprint density at radius 1 is 1.05 bits per heavy atom. The Morgan fingerprint density at radius 2 is 1.81 bits per heavy atom. The molecule has 0 saturated carbocycles. The van der Waals surface area contributed by atoms with E-state index < -0.39 is 0 Å². The zero-order valence-corrected chi connectivity index (χ0v) is 11.9. The van der Waals surface area contributed by atoms with Crippen LogP contribution in [0.15, 0.2) is 53.2 Å². The lowest BCUT2D eigenvalue weighted by Crippen LogP contribution is -2.46. The maximum absolute atomic E-state index is 12.9. The standard InChI is InChI=1S/C17H19FN2O/c18-15-5-7-16(8-6-15)20-12-10-19(11-13-20)9-1-3-17-4-2-14-21-17/h1-8,14H,9-13H2. The van der Waals surface area contributed by atoms with E-state index >= 15 is 0 Å². The summed E-state index contributed by atoms with van der Waals surface area (Å²) in [7, 11) is 0. The molecule has 0 bridgehead atoms. The van der Waals surface area contributed by atoms with Gasteiger partial charge in [-0.3, -0.25) is 4.90 Å². The van der Waals surface area contributed by atoms with Crippen LogP contribution in [0, 0.1) is 5.82 Å². The van der Waals surface area contributed by atoms with Gasteiger partial charge in [-0.05, 0) is 42.5 Å². The highest BCUT2D eigenvalue weighted by Crippen LogP contribution is 2.16. The Kier molecular flexibility index (Phi) is 4.36. The van der Waals surface area contributed by atoms with Crippen LogP contribution >= 0.6 is 0 Å². The van der Waals surface area contributed by atoms with Gasteiger partial charge in [-0.2, -0.15) is 0 Å². The minimum Gasteiger partial charge on any atom is -0.465 e. The zero-order chi connectivity index (χ0) is 14.5. The molecule has 0 aliphatic carbocycles. The summed E-state index contributed by atoms with van der Waals surface area (Å²) in [6.07, 6.45) is 5.82. The molecule has 1 aromatic carbocycles. The van der Waals surface area contributed by atoms with Crippen molar-refractivity contribution in [1.29, 1.82) is 0 Å². The molecule has 1 saturated heterocycles. The van der Waals surface area contributed by atoms with Gasteiger partial charge in [-0.25, -0.2) is 4.39 Å². The summed E-state index contributed by atoms with van der Waals surface area (Å²) in [5.74, 6) is 0.709. The van der Waals surface area contributed by atoms with Crippen LogP contribution < -0.4 is 4.90 Å². The van der Waals surface area contributed by atoms with E-state index in [9.17, 15) is 4.39 Å². The van der Waals surface area contributed by atoms with E-state index in [0.29, 0.717) is 0 Å². The third-order valence-corrected chi connectivity index (χ3v) is 3.75. The van der Waals surface area contributed by atoms with Crippen molar-refractivity contribution in [2.45, 2.75) is 0 Å². The average Bonchev–Trinajstić information content (AvgIpc) is 3.02. The van der Waals surface area contributed by atoms with Crippen molar-refractivity contribution in [2.24, 2.45) is 0 Å². The van der Waals surface area contributed by atoms with Crippen molar-refractivity contribution in [3.63, 3.8) is 0 Å². The Morgan fingerprint density at radius 3 is 2.48 bits per heavy atom. The minimum absolute atomic E-state index is 0.180. The van der Waals surface area contributed by atoms with Crippen LogP contribution in [-0.4, -0.2) is 37.6 Å². The summed E-state index contributed by atoms with van der Waals surface area (Å²) in [6, 6.07) is 10.6. The van der Waals surface area contributed by atoms with E-state index in [1.807, 2.05) is 30.3 Å². The van der Waals surface area contributed by atoms with Gasteiger partial charge < -0.3 is 9.32 Å². The summed E-state index contributed by atoms with van der Waals surface area (Å²) in [4.78, 5) is 4.70. The highest BCUT2D eigenvalue weighted by Gasteiger charge is 2.16. The second-order valence-corrected chi connectivity index (χ2v) is 5.18. The van der Waals surface area contributed by atoms with Gasteiger partial charge in [0, 0.05) is 38.4 Å². The van der Waals surface area contributed by atoms with E-state index in [1.165, 1.54) is 12.1 Å². The molecule has 1 fully saturated rings. The number of rotatable bonds is 4. The second kappa shape index (κ2) is 6.59. The zero-order valence-electron chi connectivity index (χ0n) is 11.9. The van der Waals surface area contributed by atoms with E-state index in [1.54, 1.807) is 6.26 Å². The lowest BCUT2D eigenvalue weighted by Gasteiger charge is -2.35. The van der Waals surface area contributed by atoms with Crippen molar-refractivity contribution >= 4 is 11.8 Å². The van der Waals surface area contributed by atoms with Gasteiger partial charge in [-0.1, -0.05) is 6.08 Å². The first-order valence-corrected chi connectivity index (χ1v) is 7.24. The van der Waals surface area contributed by atoms with Crippen molar-refractivity contribution in [1.82, 2.24) is 4.90 Å². The average molecular weight is 286 g/mol. The number of furan rings is 1. The maximum Gasteiger partial charge on any atom is 0.126 e. The number of hydrogen-bond donors (Lipinski definition) is 0. The Labute approximate surface area is 124 Å². The molecule has 1 aliphatic rings. The number of hydrogen-bond acceptors (Lipinski definition) is 3. The molecule has 21 heavy (non-hydrogen) atoms. The Bertz CT molecular complexity index is 569. The molecule has 4 heteroatoms. The van der Waals surface area contributed by atoms with Crippen molar-refractivity contribution < 1.29 is 8.81 Å². The third kappa shape index (κ3) is 3.73. The first-order chi connectivity index (χ1) is 10.3. The highest BCUT2D eigenvalue weighted by molar-refractivity contribution is 5.46. The summed E-state index contributed by atoms with van der Waals surface area (Å²) in [5, 5.41) is 0. The fraction of sp³-hybridized carbons (Fsp3) is 0.294. The van der Waals surface area contributed by atoms with Crippen LogP contribution in [0.3, 0.4) is 0 Å². The van der Waals surface area contributed by atoms with E-state index in [4.69, 9.17) is 4.42 Å². The van der Waals surface area contributed by atoms with Crippen LogP contribution in [0.1, 0.15) is 5.76 Å². The molecule has 110 valence electrons. The van der Waals surface area contributed by atoms with Crippen molar-refractivity contribution in [3.05, 3.63) is 60.3 Å². The molecule has 0 unspecified atom stereocenters. The lowest BCUT2D eigenvalue weighted by molar-refractivity contribution is 0.284. The predicted octanol–water partition coefficient (Wildman–Crippen LogP) is 3.25. The molecular weight excluding hydrogens is 267 g/mol. The number of anilines is 1. The van der Waals surface area contributed by atoms with Crippen molar-refractivity contribution in [2.75, 3.05) is 37.6 Å². The molecular formula is C17H19FN2O. The SMILES string of the molecule is Fc1ccc(N2CCN(CC=Cc3ccco3)CC2)cc1. The molecule has 2 heterocycles.